The van der Waals surface area contributed by atoms with Crippen molar-refractivity contribution in [3.05, 3.63) is 28.3 Å². The fourth-order valence-corrected chi connectivity index (χ4v) is 1.43. The number of nitrogens with zero attached hydrogens (tertiary/aromatic N) is 1. The van der Waals surface area contributed by atoms with Crippen molar-refractivity contribution in [2.24, 2.45) is 0 Å². The molecule has 0 heterocycles. The zero-order valence-electron chi connectivity index (χ0n) is 7.06. The molecular weight excluding hydrogens is 260 g/mol. The van der Waals surface area contributed by atoms with Crippen LogP contribution in [0.2, 0.25) is 0 Å². The van der Waals surface area contributed by atoms with Gasteiger partial charge in [-0.2, -0.15) is 0 Å². The maximum absolute atomic E-state index is 10.4. The summed E-state index contributed by atoms with van der Waals surface area (Å²) in [5.74, 6) is 0. The number of hydrogen-bond acceptors (Lipinski definition) is 4. The van der Waals surface area contributed by atoms with E-state index >= 15 is 0 Å². The Hall–Kier alpha value is -0.0566. The Morgan fingerprint density at radius 3 is 2.62 bits per heavy atom. The first kappa shape index (κ1) is 12.9. The van der Waals surface area contributed by atoms with E-state index in [0.717, 1.165) is 4.90 Å². The van der Waals surface area contributed by atoms with E-state index in [-0.39, 0.29) is 25.2 Å². The Bertz CT molecular complexity index is 319. The van der Waals surface area contributed by atoms with E-state index in [1.165, 1.54) is 17.8 Å². The summed E-state index contributed by atoms with van der Waals surface area (Å²) in [5.41, 5.74) is 0.0604. The molecule has 0 aliphatic carbocycles. The molecule has 1 aromatic carbocycles. The summed E-state index contributed by atoms with van der Waals surface area (Å²) >= 11 is 5.44. The first-order valence-corrected chi connectivity index (χ1v) is 4.83. The largest absolute Gasteiger partial charge is 0.283 e. The van der Waals surface area contributed by atoms with E-state index in [1.807, 2.05) is 6.26 Å². The van der Waals surface area contributed by atoms with E-state index in [9.17, 15) is 10.1 Å². The molecule has 0 aromatic heterocycles. The van der Waals surface area contributed by atoms with Gasteiger partial charge in [-0.1, -0.05) is 0 Å². The van der Waals surface area contributed by atoms with E-state index in [0.29, 0.717) is 4.90 Å². The summed E-state index contributed by atoms with van der Waals surface area (Å²) in [5, 5.41) is 10.4. The van der Waals surface area contributed by atoms with Crippen LogP contribution in [0.1, 0.15) is 0 Å². The second kappa shape index (κ2) is 5.63. The van der Waals surface area contributed by atoms with E-state index in [2.05, 4.69) is 12.6 Å². The fourth-order valence-electron chi connectivity index (χ4n) is 0.776. The van der Waals surface area contributed by atoms with Crippen molar-refractivity contribution in [3.8, 4) is 0 Å². The number of benzene rings is 1. The topological polar surface area (TPSA) is 43.1 Å². The van der Waals surface area contributed by atoms with Crippen molar-refractivity contribution in [2.75, 3.05) is 6.26 Å². The normalized spacial score (nSPS) is 9.08. The average molecular weight is 267 g/mol. The summed E-state index contributed by atoms with van der Waals surface area (Å²) < 4.78 is 0. The van der Waals surface area contributed by atoms with Crippen LogP contribution in [0.5, 0.6) is 0 Å². The van der Waals surface area contributed by atoms with Gasteiger partial charge in [0.2, 0.25) is 0 Å². The third-order valence-electron chi connectivity index (χ3n) is 1.38. The van der Waals surface area contributed by atoms with Gasteiger partial charge in [0.15, 0.2) is 0 Å². The fraction of sp³-hybridized carbons (Fsp3) is 0.143. The Kier molecular flexibility index (Phi) is 5.60. The van der Waals surface area contributed by atoms with Crippen molar-refractivity contribution >= 4 is 30.1 Å². The van der Waals surface area contributed by atoms with Crippen molar-refractivity contribution in [2.45, 2.75) is 9.79 Å². The third-order valence-corrected chi connectivity index (χ3v) is 2.48. The van der Waals surface area contributed by atoms with Gasteiger partial charge in [-0.05, 0) is 18.4 Å². The number of nitro benzene ring substituents is 1. The molecule has 0 saturated heterocycles. The van der Waals surface area contributed by atoms with Crippen LogP contribution in [0, 0.1) is 10.1 Å². The zero-order chi connectivity index (χ0) is 9.14. The van der Waals surface area contributed by atoms with Crippen LogP contribution >= 0.6 is 24.4 Å². The molecule has 0 amide bonds. The summed E-state index contributed by atoms with van der Waals surface area (Å²) in [6.07, 6.45) is 1.87. The molecule has 13 heavy (non-hydrogen) atoms. The molecule has 66 valence electrons. The third kappa shape index (κ3) is 3.29. The van der Waals surface area contributed by atoms with E-state index in [4.69, 9.17) is 0 Å². The Morgan fingerprint density at radius 2 is 2.15 bits per heavy atom. The maximum atomic E-state index is 10.4. The molecule has 0 atom stereocenters. The van der Waals surface area contributed by atoms with Crippen LogP contribution in [0.25, 0.3) is 0 Å². The summed E-state index contributed by atoms with van der Waals surface area (Å²) in [6, 6.07) is 4.96. The summed E-state index contributed by atoms with van der Waals surface area (Å²) in [6.45, 7) is 0. The minimum Gasteiger partial charge on any atom is -0.258 e. The van der Waals surface area contributed by atoms with Gasteiger partial charge in [-0.25, -0.2) is 0 Å². The molecule has 1 aromatic rings. The number of nitro groups is 1. The van der Waals surface area contributed by atoms with Crippen molar-refractivity contribution in [3.63, 3.8) is 0 Å². The van der Waals surface area contributed by atoms with Crippen LogP contribution in [0.3, 0.4) is 0 Å². The Morgan fingerprint density at radius 1 is 1.54 bits per heavy atom. The summed E-state index contributed by atoms with van der Waals surface area (Å²) in [4.78, 5) is 11.3. The number of thiol groups is 1. The van der Waals surface area contributed by atoms with E-state index < -0.39 is 4.92 Å². The van der Waals surface area contributed by atoms with Gasteiger partial charge >= 0.3 is 0 Å². The molecule has 0 N–H and O–H groups in total. The minimum atomic E-state index is -0.429. The van der Waals surface area contributed by atoms with Gasteiger partial charge in [-0.15, -0.1) is 24.4 Å². The Balaban J connectivity index is 0.00000144. The predicted molar refractivity (Wildman–Crippen MR) is 52.1 cm³/mol. The second-order valence-corrected chi connectivity index (χ2v) is 3.47. The number of thioether (sulfide) groups is 1. The molecule has 3 nitrogen and oxygen atoms in total. The van der Waals surface area contributed by atoms with E-state index in [1.54, 1.807) is 12.1 Å². The van der Waals surface area contributed by atoms with Crippen LogP contribution in [0.15, 0.2) is 28.0 Å². The average Bonchev–Trinajstić information content (AvgIpc) is 2.05. The van der Waals surface area contributed by atoms with Crippen molar-refractivity contribution in [1.82, 2.24) is 0 Å². The first-order chi connectivity index (χ1) is 5.65. The molecule has 0 aliphatic rings. The quantitative estimate of drug-likeness (QED) is 0.294. The number of hydrogen-bond donors (Lipinski definition) is 1. The van der Waals surface area contributed by atoms with Gasteiger partial charge in [0.05, 0.1) is 9.82 Å². The molecule has 6 heteroatoms. The molecule has 0 spiro atoms. The second-order valence-electron chi connectivity index (χ2n) is 2.11. The van der Waals surface area contributed by atoms with Crippen LogP contribution in [-0.2, 0) is 19.5 Å². The van der Waals surface area contributed by atoms with Gasteiger partial charge in [0, 0.05) is 30.4 Å². The van der Waals surface area contributed by atoms with Crippen molar-refractivity contribution in [1.29, 1.82) is 0 Å². The molecular formula is C7H7NO2S2Zn. The molecule has 0 aliphatic heterocycles. The minimum absolute atomic E-state index is 0. The van der Waals surface area contributed by atoms with Gasteiger partial charge < -0.3 is 0 Å². The van der Waals surface area contributed by atoms with Crippen molar-refractivity contribution < 1.29 is 24.4 Å². The van der Waals surface area contributed by atoms with Crippen LogP contribution in [-0.4, -0.2) is 11.2 Å². The zero-order valence-corrected chi connectivity index (χ0v) is 11.7. The molecule has 0 fully saturated rings. The van der Waals surface area contributed by atoms with Gasteiger partial charge in [0.1, 0.15) is 0 Å². The van der Waals surface area contributed by atoms with Gasteiger partial charge in [-0.3, -0.25) is 10.1 Å². The van der Waals surface area contributed by atoms with Gasteiger partial charge in [0.25, 0.3) is 5.69 Å². The SMILES string of the molecule is CSc1ccc(S)c([N+](=O)[O-])c1.[Zn]. The van der Waals surface area contributed by atoms with Crippen LogP contribution in [0.4, 0.5) is 5.69 Å². The Labute approximate surface area is 98.6 Å². The smallest absolute Gasteiger partial charge is 0.258 e. The molecule has 0 bridgehead atoms. The summed E-state index contributed by atoms with van der Waals surface area (Å²) in [7, 11) is 0. The first-order valence-electron chi connectivity index (χ1n) is 3.16. The molecule has 0 radical (unpaired) electrons. The molecule has 1 rings (SSSR count). The molecule has 0 saturated carbocycles. The molecule has 0 unspecified atom stereocenters. The predicted octanol–water partition coefficient (Wildman–Crippen LogP) is 2.60. The van der Waals surface area contributed by atoms with Crippen LogP contribution < -0.4 is 0 Å². The standard InChI is InChI=1S/C7H7NO2S2.Zn/c1-12-5-2-3-7(11)6(4-5)8(9)10;/h2-4,11H,1H3;. The number of rotatable bonds is 2. The maximum Gasteiger partial charge on any atom is 0.283 e. The monoisotopic (exact) mass is 265 g/mol.